The van der Waals surface area contributed by atoms with Crippen LogP contribution in [0, 0.1) is 12.8 Å². The molecule has 2 atom stereocenters. The molecule has 1 saturated carbocycles. The molecule has 1 amide bonds. The summed E-state index contributed by atoms with van der Waals surface area (Å²) >= 11 is 0. The van der Waals surface area contributed by atoms with Crippen molar-refractivity contribution < 1.29 is 9.53 Å². The van der Waals surface area contributed by atoms with Gasteiger partial charge in [-0.2, -0.15) is 0 Å². The molecule has 1 aliphatic rings. The monoisotopic (exact) mass is 275 g/mol. The maximum atomic E-state index is 12.2. The van der Waals surface area contributed by atoms with Crippen LogP contribution in [0.25, 0.3) is 0 Å². The molecule has 3 nitrogen and oxygen atoms in total. The number of rotatable bonds is 4. The normalized spacial score (nSPS) is 22.4. The van der Waals surface area contributed by atoms with Crippen LogP contribution in [-0.2, 0) is 11.2 Å². The van der Waals surface area contributed by atoms with Crippen LogP contribution >= 0.6 is 0 Å². The molecule has 1 N–H and O–H groups in total. The van der Waals surface area contributed by atoms with Crippen LogP contribution in [0.3, 0.4) is 0 Å². The van der Waals surface area contributed by atoms with Crippen LogP contribution in [0.2, 0.25) is 0 Å². The Hall–Kier alpha value is -1.51. The number of hydrogen-bond acceptors (Lipinski definition) is 2. The molecule has 0 aromatic heterocycles. The molecule has 0 spiro atoms. The first-order chi connectivity index (χ1) is 9.60. The van der Waals surface area contributed by atoms with E-state index in [2.05, 4.69) is 12.2 Å². The minimum Gasteiger partial charge on any atom is -0.496 e. The van der Waals surface area contributed by atoms with Crippen molar-refractivity contribution in [2.75, 3.05) is 7.11 Å². The summed E-state index contributed by atoms with van der Waals surface area (Å²) in [5, 5.41) is 3.19. The fraction of sp³-hybridized carbons (Fsp3) is 0.588. The summed E-state index contributed by atoms with van der Waals surface area (Å²) in [6.45, 7) is 4.27. The molecule has 0 bridgehead atoms. The highest BCUT2D eigenvalue weighted by Gasteiger charge is 2.23. The number of amides is 1. The summed E-state index contributed by atoms with van der Waals surface area (Å²) in [5.41, 5.74) is 2.12. The Bertz CT molecular complexity index is 470. The molecule has 3 heteroatoms. The second-order valence-corrected chi connectivity index (χ2v) is 5.93. The van der Waals surface area contributed by atoms with Crippen LogP contribution < -0.4 is 10.1 Å². The third-order valence-electron chi connectivity index (χ3n) is 4.24. The highest BCUT2D eigenvalue weighted by Crippen LogP contribution is 2.24. The number of ether oxygens (including phenoxy) is 1. The van der Waals surface area contributed by atoms with E-state index in [0.717, 1.165) is 23.3 Å². The Morgan fingerprint density at radius 2 is 2.10 bits per heavy atom. The van der Waals surface area contributed by atoms with E-state index in [-0.39, 0.29) is 5.91 Å². The van der Waals surface area contributed by atoms with Crippen molar-refractivity contribution in [1.29, 1.82) is 0 Å². The van der Waals surface area contributed by atoms with E-state index < -0.39 is 0 Å². The summed E-state index contributed by atoms with van der Waals surface area (Å²) in [6.07, 6.45) is 5.24. The van der Waals surface area contributed by atoms with Crippen LogP contribution in [0.15, 0.2) is 18.2 Å². The van der Waals surface area contributed by atoms with Gasteiger partial charge in [0.25, 0.3) is 0 Å². The standard InChI is InChI=1S/C17H25NO2/c1-12-8-9-16(20-3)14(10-12)11-17(19)18-15-7-5-4-6-13(15)2/h8-10,13,15H,4-7,11H2,1-3H3,(H,18,19). The average Bonchev–Trinajstić information content (AvgIpc) is 2.41. The van der Waals surface area contributed by atoms with Crippen molar-refractivity contribution in [3.05, 3.63) is 29.3 Å². The lowest BCUT2D eigenvalue weighted by Crippen LogP contribution is -2.41. The highest BCUT2D eigenvalue weighted by molar-refractivity contribution is 5.79. The van der Waals surface area contributed by atoms with Crippen molar-refractivity contribution in [3.63, 3.8) is 0 Å². The summed E-state index contributed by atoms with van der Waals surface area (Å²) in [5.74, 6) is 1.49. The van der Waals surface area contributed by atoms with Gasteiger partial charge in [0.05, 0.1) is 13.5 Å². The van der Waals surface area contributed by atoms with Crippen molar-refractivity contribution in [3.8, 4) is 5.75 Å². The van der Waals surface area contributed by atoms with Gasteiger partial charge in [0.1, 0.15) is 5.75 Å². The fourth-order valence-corrected chi connectivity index (χ4v) is 3.01. The van der Waals surface area contributed by atoms with E-state index in [0.29, 0.717) is 18.4 Å². The Labute approximate surface area is 121 Å². The Morgan fingerprint density at radius 3 is 2.80 bits per heavy atom. The summed E-state index contributed by atoms with van der Waals surface area (Å²) in [6, 6.07) is 6.31. The Morgan fingerprint density at radius 1 is 1.35 bits per heavy atom. The largest absolute Gasteiger partial charge is 0.496 e. The molecular formula is C17H25NO2. The molecule has 1 aliphatic carbocycles. The number of aryl methyl sites for hydroxylation is 1. The fourth-order valence-electron chi connectivity index (χ4n) is 3.01. The molecule has 0 radical (unpaired) electrons. The zero-order valence-corrected chi connectivity index (χ0v) is 12.7. The maximum Gasteiger partial charge on any atom is 0.224 e. The van der Waals surface area contributed by atoms with Gasteiger partial charge in [0.2, 0.25) is 5.91 Å². The smallest absolute Gasteiger partial charge is 0.224 e. The second-order valence-electron chi connectivity index (χ2n) is 5.93. The molecule has 0 saturated heterocycles. The summed E-state index contributed by atoms with van der Waals surface area (Å²) in [7, 11) is 1.65. The second kappa shape index (κ2) is 6.78. The van der Waals surface area contributed by atoms with Gasteiger partial charge in [-0.25, -0.2) is 0 Å². The van der Waals surface area contributed by atoms with Gasteiger partial charge >= 0.3 is 0 Å². The van der Waals surface area contributed by atoms with Crippen molar-refractivity contribution in [2.24, 2.45) is 5.92 Å². The number of carbonyl (C=O) groups excluding carboxylic acids is 1. The van der Waals surface area contributed by atoms with E-state index in [4.69, 9.17) is 4.74 Å². The zero-order valence-electron chi connectivity index (χ0n) is 12.7. The zero-order chi connectivity index (χ0) is 14.5. The maximum absolute atomic E-state index is 12.2. The van der Waals surface area contributed by atoms with Crippen LogP contribution in [0.5, 0.6) is 5.75 Å². The molecule has 1 fully saturated rings. The van der Waals surface area contributed by atoms with E-state index in [1.165, 1.54) is 19.3 Å². The average molecular weight is 275 g/mol. The number of carbonyl (C=O) groups is 1. The van der Waals surface area contributed by atoms with E-state index in [1.54, 1.807) is 7.11 Å². The number of methoxy groups -OCH3 is 1. The minimum atomic E-state index is 0.104. The van der Waals surface area contributed by atoms with E-state index >= 15 is 0 Å². The molecule has 1 aromatic carbocycles. The predicted molar refractivity (Wildman–Crippen MR) is 81.0 cm³/mol. The quantitative estimate of drug-likeness (QED) is 0.916. The first-order valence-corrected chi connectivity index (χ1v) is 7.53. The van der Waals surface area contributed by atoms with Crippen molar-refractivity contribution >= 4 is 5.91 Å². The molecule has 1 aromatic rings. The summed E-state index contributed by atoms with van der Waals surface area (Å²) < 4.78 is 5.33. The van der Waals surface area contributed by atoms with Gasteiger partial charge in [0, 0.05) is 11.6 Å². The molecule has 2 rings (SSSR count). The lowest BCUT2D eigenvalue weighted by atomic mass is 9.86. The van der Waals surface area contributed by atoms with Crippen molar-refractivity contribution in [1.82, 2.24) is 5.32 Å². The van der Waals surface area contributed by atoms with Crippen LogP contribution in [0.4, 0.5) is 0 Å². The third kappa shape index (κ3) is 3.75. The van der Waals surface area contributed by atoms with Gasteiger partial charge in [-0.1, -0.05) is 37.5 Å². The van der Waals surface area contributed by atoms with Gasteiger partial charge in [-0.05, 0) is 31.7 Å². The molecule has 0 aliphatic heterocycles. The van der Waals surface area contributed by atoms with Crippen LogP contribution in [0.1, 0.15) is 43.7 Å². The molecular weight excluding hydrogens is 250 g/mol. The van der Waals surface area contributed by atoms with Gasteiger partial charge in [-0.3, -0.25) is 4.79 Å². The van der Waals surface area contributed by atoms with E-state index in [9.17, 15) is 4.79 Å². The SMILES string of the molecule is COc1ccc(C)cc1CC(=O)NC1CCCCC1C. The van der Waals surface area contributed by atoms with E-state index in [1.807, 2.05) is 25.1 Å². The minimum absolute atomic E-state index is 0.104. The molecule has 110 valence electrons. The van der Waals surface area contributed by atoms with Crippen molar-refractivity contribution in [2.45, 2.75) is 52.0 Å². The lowest BCUT2D eigenvalue weighted by Gasteiger charge is -2.29. The van der Waals surface area contributed by atoms with Gasteiger partial charge in [-0.15, -0.1) is 0 Å². The Balaban J connectivity index is 1.99. The lowest BCUT2D eigenvalue weighted by molar-refractivity contribution is -0.121. The van der Waals surface area contributed by atoms with Gasteiger partial charge < -0.3 is 10.1 Å². The van der Waals surface area contributed by atoms with Crippen LogP contribution in [-0.4, -0.2) is 19.1 Å². The number of benzene rings is 1. The number of nitrogens with one attached hydrogen (secondary N) is 1. The molecule has 0 heterocycles. The first-order valence-electron chi connectivity index (χ1n) is 7.53. The van der Waals surface area contributed by atoms with Gasteiger partial charge in [0.15, 0.2) is 0 Å². The predicted octanol–water partition coefficient (Wildman–Crippen LogP) is 3.24. The summed E-state index contributed by atoms with van der Waals surface area (Å²) in [4.78, 5) is 12.2. The topological polar surface area (TPSA) is 38.3 Å². The molecule has 2 unspecified atom stereocenters. The number of hydrogen-bond donors (Lipinski definition) is 1. The third-order valence-corrected chi connectivity index (χ3v) is 4.24. The Kier molecular flexibility index (Phi) is 5.05. The molecule has 20 heavy (non-hydrogen) atoms. The first kappa shape index (κ1) is 14.9. The highest BCUT2D eigenvalue weighted by atomic mass is 16.5.